The number of nitrogens with zero attached hydrogens (tertiary/aromatic N) is 2. The molecule has 0 saturated carbocycles. The predicted octanol–water partition coefficient (Wildman–Crippen LogP) is 3.11. The smallest absolute Gasteiger partial charge is 0.119 e. The molecule has 0 aliphatic carbocycles. The molecule has 0 aromatic heterocycles. The molecule has 0 heterocycles. The Morgan fingerprint density at radius 2 is 1.95 bits per heavy atom. The second kappa shape index (κ2) is 8.55. The summed E-state index contributed by atoms with van der Waals surface area (Å²) in [6, 6.07) is 10.6. The van der Waals surface area contributed by atoms with Crippen LogP contribution in [0.5, 0.6) is 5.75 Å². The average molecular weight is 260 g/mol. The molecule has 0 fully saturated rings. The van der Waals surface area contributed by atoms with Crippen molar-refractivity contribution in [1.82, 2.24) is 4.90 Å². The molecule has 0 spiro atoms. The minimum absolute atomic E-state index is 0.144. The van der Waals surface area contributed by atoms with Crippen LogP contribution in [0.15, 0.2) is 24.3 Å². The fourth-order valence-electron chi connectivity index (χ4n) is 1.97. The van der Waals surface area contributed by atoms with Gasteiger partial charge in [-0.05, 0) is 44.5 Å². The Bertz CT molecular complexity index is 394. The van der Waals surface area contributed by atoms with Crippen molar-refractivity contribution in [3.05, 3.63) is 29.8 Å². The normalized spacial score (nSPS) is 12.2. The van der Waals surface area contributed by atoms with E-state index in [9.17, 15) is 0 Å². The first-order valence-electron chi connectivity index (χ1n) is 6.99. The van der Waals surface area contributed by atoms with Gasteiger partial charge < -0.3 is 9.64 Å². The van der Waals surface area contributed by atoms with Crippen molar-refractivity contribution in [2.75, 3.05) is 26.7 Å². The first-order chi connectivity index (χ1) is 9.19. The lowest BCUT2D eigenvalue weighted by atomic mass is 10.1. The molecule has 0 N–H and O–H groups in total. The Hall–Kier alpha value is -1.53. The van der Waals surface area contributed by atoms with Gasteiger partial charge in [0.2, 0.25) is 0 Å². The van der Waals surface area contributed by atoms with Crippen LogP contribution in [-0.2, 0) is 6.42 Å². The highest BCUT2D eigenvalue weighted by atomic mass is 16.5. The zero-order valence-electron chi connectivity index (χ0n) is 12.2. The monoisotopic (exact) mass is 260 g/mol. The Balaban J connectivity index is 2.37. The summed E-state index contributed by atoms with van der Waals surface area (Å²) in [5.41, 5.74) is 1.31. The molecule has 0 aliphatic heterocycles. The summed E-state index contributed by atoms with van der Waals surface area (Å²) in [5, 5.41) is 8.95. The SMILES string of the molecule is CCOc1ccc(CCN(C)CC(C#N)CC)cc1. The van der Waals surface area contributed by atoms with Gasteiger partial charge in [-0.15, -0.1) is 0 Å². The van der Waals surface area contributed by atoms with Crippen molar-refractivity contribution >= 4 is 0 Å². The van der Waals surface area contributed by atoms with Crippen molar-refractivity contribution in [2.45, 2.75) is 26.7 Å². The summed E-state index contributed by atoms with van der Waals surface area (Å²) in [6.45, 7) is 6.58. The highest BCUT2D eigenvalue weighted by Gasteiger charge is 2.08. The van der Waals surface area contributed by atoms with Crippen LogP contribution in [-0.4, -0.2) is 31.6 Å². The van der Waals surface area contributed by atoms with E-state index in [-0.39, 0.29) is 5.92 Å². The number of rotatable bonds is 8. The molecule has 1 rings (SSSR count). The van der Waals surface area contributed by atoms with Gasteiger partial charge in [0.05, 0.1) is 18.6 Å². The number of ether oxygens (including phenoxy) is 1. The van der Waals surface area contributed by atoms with Crippen LogP contribution < -0.4 is 4.74 Å². The fourth-order valence-corrected chi connectivity index (χ4v) is 1.97. The van der Waals surface area contributed by atoms with Crippen LogP contribution in [0.3, 0.4) is 0 Å². The molecule has 1 aromatic rings. The van der Waals surface area contributed by atoms with Crippen LogP contribution in [0.1, 0.15) is 25.8 Å². The standard InChI is InChI=1S/C16H24N2O/c1-4-14(12-17)13-18(3)11-10-15-6-8-16(9-7-15)19-5-2/h6-9,14H,4-5,10-11,13H2,1-3H3. The average Bonchev–Trinajstić information content (AvgIpc) is 2.44. The number of hydrogen-bond donors (Lipinski definition) is 0. The fraction of sp³-hybridized carbons (Fsp3) is 0.562. The highest BCUT2D eigenvalue weighted by molar-refractivity contribution is 5.27. The third-order valence-corrected chi connectivity index (χ3v) is 3.22. The van der Waals surface area contributed by atoms with Gasteiger partial charge >= 0.3 is 0 Å². The van der Waals surface area contributed by atoms with E-state index in [4.69, 9.17) is 10.00 Å². The molecule has 0 aliphatic rings. The molecule has 0 bridgehead atoms. The quantitative estimate of drug-likeness (QED) is 0.720. The molecular weight excluding hydrogens is 236 g/mol. The first-order valence-corrected chi connectivity index (χ1v) is 6.99. The maximum Gasteiger partial charge on any atom is 0.119 e. The summed E-state index contributed by atoms with van der Waals surface area (Å²) in [5.74, 6) is 1.07. The van der Waals surface area contributed by atoms with Crippen LogP contribution in [0.4, 0.5) is 0 Å². The van der Waals surface area contributed by atoms with Crippen molar-refractivity contribution in [2.24, 2.45) is 5.92 Å². The molecule has 0 saturated heterocycles. The summed E-state index contributed by atoms with van der Waals surface area (Å²) < 4.78 is 5.42. The van der Waals surface area contributed by atoms with E-state index in [0.29, 0.717) is 6.61 Å². The summed E-state index contributed by atoms with van der Waals surface area (Å²) >= 11 is 0. The van der Waals surface area contributed by atoms with Gasteiger partial charge in [-0.1, -0.05) is 19.1 Å². The first kappa shape index (κ1) is 15.5. The van der Waals surface area contributed by atoms with Gasteiger partial charge in [-0.3, -0.25) is 0 Å². The molecule has 3 heteroatoms. The van der Waals surface area contributed by atoms with Crippen LogP contribution in [0.2, 0.25) is 0 Å². The van der Waals surface area contributed by atoms with Gasteiger partial charge in [-0.25, -0.2) is 0 Å². The molecule has 19 heavy (non-hydrogen) atoms. The predicted molar refractivity (Wildman–Crippen MR) is 78.2 cm³/mol. The minimum Gasteiger partial charge on any atom is -0.494 e. The Kier molecular flexibility index (Phi) is 6.99. The molecule has 1 atom stereocenters. The Morgan fingerprint density at radius 3 is 2.47 bits per heavy atom. The van der Waals surface area contributed by atoms with Crippen molar-refractivity contribution in [1.29, 1.82) is 5.26 Å². The highest BCUT2D eigenvalue weighted by Crippen LogP contribution is 2.13. The maximum absolute atomic E-state index is 8.95. The topological polar surface area (TPSA) is 36.3 Å². The third kappa shape index (κ3) is 5.76. The minimum atomic E-state index is 0.144. The lowest BCUT2D eigenvalue weighted by molar-refractivity contribution is 0.303. The summed E-state index contributed by atoms with van der Waals surface area (Å²) in [7, 11) is 2.08. The number of likely N-dealkylation sites (N-methyl/N-ethyl adjacent to an activating group) is 1. The molecule has 1 aromatic carbocycles. The number of benzene rings is 1. The van der Waals surface area contributed by atoms with Crippen LogP contribution in [0, 0.1) is 17.2 Å². The van der Waals surface area contributed by atoms with E-state index < -0.39 is 0 Å². The van der Waals surface area contributed by atoms with Gasteiger partial charge in [0.15, 0.2) is 0 Å². The van der Waals surface area contributed by atoms with E-state index in [1.807, 2.05) is 19.1 Å². The lowest BCUT2D eigenvalue weighted by Crippen LogP contribution is -2.27. The molecule has 3 nitrogen and oxygen atoms in total. The molecule has 1 unspecified atom stereocenters. The van der Waals surface area contributed by atoms with Gasteiger partial charge in [0, 0.05) is 13.1 Å². The lowest BCUT2D eigenvalue weighted by Gasteiger charge is -2.19. The number of hydrogen-bond acceptors (Lipinski definition) is 3. The van der Waals surface area contributed by atoms with Gasteiger partial charge in [-0.2, -0.15) is 5.26 Å². The van der Waals surface area contributed by atoms with Crippen LogP contribution >= 0.6 is 0 Å². The zero-order chi connectivity index (χ0) is 14.1. The molecule has 0 amide bonds. The summed E-state index contributed by atoms with van der Waals surface area (Å²) in [6.07, 6.45) is 1.93. The molecular formula is C16H24N2O. The summed E-state index contributed by atoms with van der Waals surface area (Å²) in [4.78, 5) is 2.23. The van der Waals surface area contributed by atoms with E-state index in [2.05, 4.69) is 37.1 Å². The van der Waals surface area contributed by atoms with Crippen LogP contribution in [0.25, 0.3) is 0 Å². The van der Waals surface area contributed by atoms with E-state index in [1.165, 1.54) is 5.56 Å². The van der Waals surface area contributed by atoms with E-state index in [0.717, 1.165) is 31.7 Å². The van der Waals surface area contributed by atoms with Crippen molar-refractivity contribution in [3.8, 4) is 11.8 Å². The third-order valence-electron chi connectivity index (χ3n) is 3.22. The Labute approximate surface area is 116 Å². The second-order valence-corrected chi connectivity index (χ2v) is 4.82. The molecule has 104 valence electrons. The molecule has 0 radical (unpaired) electrons. The largest absolute Gasteiger partial charge is 0.494 e. The zero-order valence-corrected chi connectivity index (χ0v) is 12.2. The van der Waals surface area contributed by atoms with Crippen molar-refractivity contribution < 1.29 is 4.74 Å². The van der Waals surface area contributed by atoms with Gasteiger partial charge in [0.1, 0.15) is 5.75 Å². The van der Waals surface area contributed by atoms with Gasteiger partial charge in [0.25, 0.3) is 0 Å². The Morgan fingerprint density at radius 1 is 1.26 bits per heavy atom. The van der Waals surface area contributed by atoms with Crippen molar-refractivity contribution in [3.63, 3.8) is 0 Å². The van der Waals surface area contributed by atoms with E-state index >= 15 is 0 Å². The number of nitriles is 1. The van der Waals surface area contributed by atoms with E-state index in [1.54, 1.807) is 0 Å². The maximum atomic E-state index is 8.95. The second-order valence-electron chi connectivity index (χ2n) is 4.82.